The lowest BCUT2D eigenvalue weighted by atomic mass is 10.1. The lowest BCUT2D eigenvalue weighted by Crippen LogP contribution is -2.47. The molecule has 6 heteroatoms. The van der Waals surface area contributed by atoms with Crippen LogP contribution in [0.2, 0.25) is 0 Å². The second-order valence-corrected chi connectivity index (χ2v) is 6.57. The number of hydrogen-bond acceptors (Lipinski definition) is 4. The van der Waals surface area contributed by atoms with E-state index in [2.05, 4.69) is 17.8 Å². The Morgan fingerprint density at radius 1 is 1.30 bits per heavy atom. The molecule has 1 aliphatic rings. The first-order chi connectivity index (χ1) is 11.1. The van der Waals surface area contributed by atoms with E-state index in [1.54, 1.807) is 0 Å². The number of thiophene rings is 1. The van der Waals surface area contributed by atoms with E-state index in [4.69, 9.17) is 4.74 Å². The summed E-state index contributed by atoms with van der Waals surface area (Å²) in [5.74, 6) is 0.0700. The van der Waals surface area contributed by atoms with Crippen LogP contribution in [0.3, 0.4) is 0 Å². The monoisotopic (exact) mass is 330 g/mol. The van der Waals surface area contributed by atoms with Crippen molar-refractivity contribution in [2.75, 3.05) is 0 Å². The van der Waals surface area contributed by atoms with Crippen LogP contribution in [0.5, 0.6) is 5.75 Å². The van der Waals surface area contributed by atoms with Crippen molar-refractivity contribution in [2.45, 2.75) is 32.8 Å². The Labute approximate surface area is 138 Å². The highest BCUT2D eigenvalue weighted by Gasteiger charge is 2.29. The van der Waals surface area contributed by atoms with Gasteiger partial charge in [0, 0.05) is 11.3 Å². The van der Waals surface area contributed by atoms with Gasteiger partial charge >= 0.3 is 0 Å². The molecule has 1 aliphatic heterocycles. The van der Waals surface area contributed by atoms with Crippen LogP contribution < -0.4 is 15.6 Å². The third-order valence-corrected chi connectivity index (χ3v) is 5.18. The molecule has 0 fully saturated rings. The highest BCUT2D eigenvalue weighted by atomic mass is 32.1. The van der Waals surface area contributed by atoms with Crippen LogP contribution in [0.15, 0.2) is 30.3 Å². The maximum atomic E-state index is 12.1. The number of rotatable bonds is 3. The van der Waals surface area contributed by atoms with Crippen LogP contribution in [0.25, 0.3) is 0 Å². The molecular formula is C17H18N2O3S. The molecule has 5 nitrogen and oxygen atoms in total. The van der Waals surface area contributed by atoms with Gasteiger partial charge in [-0.05, 0) is 36.6 Å². The largest absolute Gasteiger partial charge is 0.480 e. The molecule has 0 saturated carbocycles. The maximum Gasteiger partial charge on any atom is 0.279 e. The number of fused-ring (bicyclic) bond motifs is 1. The molecule has 120 valence electrons. The highest BCUT2D eigenvalue weighted by Crippen LogP contribution is 2.28. The fourth-order valence-electron chi connectivity index (χ4n) is 2.57. The quantitative estimate of drug-likeness (QED) is 0.849. The molecule has 2 heterocycles. The van der Waals surface area contributed by atoms with E-state index < -0.39 is 6.10 Å². The van der Waals surface area contributed by atoms with Crippen molar-refractivity contribution in [1.29, 1.82) is 0 Å². The standard InChI is InChI=1S/C17H18N2O3S/c1-3-14-10(2)8-15(23-14)17(21)19-18-16(20)13-9-11-6-4-5-7-12(11)22-13/h4-8,13H,3,9H2,1-2H3,(H,18,20)(H,19,21)/t13-/m1/s1. The van der Waals surface area contributed by atoms with Crippen LogP contribution in [-0.4, -0.2) is 17.9 Å². The Balaban J connectivity index is 1.56. The molecule has 23 heavy (non-hydrogen) atoms. The van der Waals surface area contributed by atoms with Crippen LogP contribution in [0, 0.1) is 6.92 Å². The molecule has 0 saturated heterocycles. The molecule has 2 N–H and O–H groups in total. The summed E-state index contributed by atoms with van der Waals surface area (Å²) in [5.41, 5.74) is 7.01. The van der Waals surface area contributed by atoms with E-state index in [1.807, 2.05) is 37.3 Å². The van der Waals surface area contributed by atoms with E-state index in [0.717, 1.165) is 23.3 Å². The van der Waals surface area contributed by atoms with Crippen molar-refractivity contribution in [1.82, 2.24) is 10.9 Å². The number of amides is 2. The number of nitrogens with one attached hydrogen (secondary N) is 2. The average Bonchev–Trinajstić information content (AvgIpc) is 3.15. The van der Waals surface area contributed by atoms with Crippen molar-refractivity contribution >= 4 is 23.2 Å². The fourth-order valence-corrected chi connectivity index (χ4v) is 3.58. The smallest absolute Gasteiger partial charge is 0.279 e. The normalized spacial score (nSPS) is 15.7. The first-order valence-corrected chi connectivity index (χ1v) is 8.34. The van der Waals surface area contributed by atoms with Crippen molar-refractivity contribution in [3.63, 3.8) is 0 Å². The minimum absolute atomic E-state index is 0.304. The first-order valence-electron chi connectivity index (χ1n) is 7.52. The first kappa shape index (κ1) is 15.6. The summed E-state index contributed by atoms with van der Waals surface area (Å²) in [6.45, 7) is 4.03. The summed E-state index contributed by atoms with van der Waals surface area (Å²) in [7, 11) is 0. The van der Waals surface area contributed by atoms with E-state index in [0.29, 0.717) is 11.3 Å². The predicted molar refractivity (Wildman–Crippen MR) is 88.6 cm³/mol. The van der Waals surface area contributed by atoms with Gasteiger partial charge in [-0.25, -0.2) is 0 Å². The summed E-state index contributed by atoms with van der Waals surface area (Å²) >= 11 is 1.45. The minimum atomic E-state index is -0.607. The van der Waals surface area contributed by atoms with Gasteiger partial charge in [0.2, 0.25) is 0 Å². The number of aryl methyl sites for hydroxylation is 2. The van der Waals surface area contributed by atoms with Gasteiger partial charge in [-0.2, -0.15) is 0 Å². The van der Waals surface area contributed by atoms with Gasteiger partial charge in [0.25, 0.3) is 11.8 Å². The number of para-hydroxylation sites is 1. The second-order valence-electron chi connectivity index (χ2n) is 5.43. The lowest BCUT2D eigenvalue weighted by molar-refractivity contribution is -0.128. The van der Waals surface area contributed by atoms with Gasteiger partial charge in [0.1, 0.15) is 5.75 Å². The Bertz CT molecular complexity index is 729. The van der Waals surface area contributed by atoms with Crippen molar-refractivity contribution in [3.8, 4) is 5.75 Å². The molecule has 1 aromatic heterocycles. The van der Waals surface area contributed by atoms with Crippen LogP contribution in [-0.2, 0) is 17.6 Å². The van der Waals surface area contributed by atoms with Crippen molar-refractivity contribution in [3.05, 3.63) is 51.2 Å². The minimum Gasteiger partial charge on any atom is -0.480 e. The van der Waals surface area contributed by atoms with Gasteiger partial charge in [0.05, 0.1) is 4.88 Å². The second kappa shape index (κ2) is 6.42. The molecule has 0 unspecified atom stereocenters. The number of carbonyl (C=O) groups is 2. The molecule has 2 amide bonds. The summed E-state index contributed by atoms with van der Waals surface area (Å²) in [6.07, 6.45) is 0.796. The number of ether oxygens (including phenoxy) is 1. The molecule has 0 spiro atoms. The van der Waals surface area contributed by atoms with Crippen LogP contribution in [0.1, 0.15) is 32.6 Å². The van der Waals surface area contributed by atoms with Gasteiger partial charge in [-0.1, -0.05) is 25.1 Å². The van der Waals surface area contributed by atoms with Gasteiger partial charge in [-0.15, -0.1) is 11.3 Å². The molecule has 1 aromatic carbocycles. The zero-order chi connectivity index (χ0) is 16.4. The van der Waals surface area contributed by atoms with Crippen molar-refractivity contribution < 1.29 is 14.3 Å². The van der Waals surface area contributed by atoms with E-state index in [9.17, 15) is 9.59 Å². The topological polar surface area (TPSA) is 67.4 Å². The number of benzene rings is 1. The Morgan fingerprint density at radius 3 is 2.78 bits per heavy atom. The zero-order valence-corrected chi connectivity index (χ0v) is 13.8. The van der Waals surface area contributed by atoms with Crippen LogP contribution >= 0.6 is 11.3 Å². The van der Waals surface area contributed by atoms with Crippen molar-refractivity contribution in [2.24, 2.45) is 0 Å². The number of carbonyl (C=O) groups excluding carboxylic acids is 2. The molecule has 0 radical (unpaired) electrons. The Morgan fingerprint density at radius 2 is 2.09 bits per heavy atom. The summed E-state index contributed by atoms with van der Waals surface area (Å²) in [4.78, 5) is 26.0. The van der Waals surface area contributed by atoms with E-state index in [-0.39, 0.29) is 11.8 Å². The number of hydrazine groups is 1. The zero-order valence-electron chi connectivity index (χ0n) is 13.0. The Hall–Kier alpha value is -2.34. The third-order valence-electron chi connectivity index (χ3n) is 3.80. The lowest BCUT2D eigenvalue weighted by Gasteiger charge is -2.11. The molecule has 0 aliphatic carbocycles. The summed E-state index contributed by atoms with van der Waals surface area (Å²) in [5, 5.41) is 0. The highest BCUT2D eigenvalue weighted by molar-refractivity contribution is 7.14. The van der Waals surface area contributed by atoms with E-state index in [1.165, 1.54) is 16.2 Å². The molecule has 2 aromatic rings. The number of hydrogen-bond donors (Lipinski definition) is 2. The summed E-state index contributed by atoms with van der Waals surface area (Å²) < 4.78 is 5.59. The molecule has 1 atom stereocenters. The average molecular weight is 330 g/mol. The summed E-state index contributed by atoms with van der Waals surface area (Å²) in [6, 6.07) is 9.39. The van der Waals surface area contributed by atoms with Gasteiger partial charge < -0.3 is 4.74 Å². The van der Waals surface area contributed by atoms with E-state index >= 15 is 0 Å². The third kappa shape index (κ3) is 3.22. The predicted octanol–water partition coefficient (Wildman–Crippen LogP) is 2.38. The van der Waals surface area contributed by atoms with Gasteiger partial charge in [-0.3, -0.25) is 20.4 Å². The molecule has 3 rings (SSSR count). The Kier molecular flexibility index (Phi) is 4.34. The SMILES string of the molecule is CCc1sc(C(=O)NNC(=O)[C@H]2Cc3ccccc3O2)cc1C. The maximum absolute atomic E-state index is 12.1. The molecular weight excluding hydrogens is 312 g/mol. The van der Waals surface area contributed by atoms with Gasteiger partial charge in [0.15, 0.2) is 6.10 Å². The van der Waals surface area contributed by atoms with Crippen LogP contribution in [0.4, 0.5) is 0 Å². The fraction of sp³-hybridized carbons (Fsp3) is 0.294. The molecule has 0 bridgehead atoms.